The largest absolute Gasteiger partial charge is 0.493 e. The summed E-state index contributed by atoms with van der Waals surface area (Å²) < 4.78 is 44.6. The first kappa shape index (κ1) is 24.1. The molecule has 0 bridgehead atoms. The summed E-state index contributed by atoms with van der Waals surface area (Å²) in [5, 5.41) is 2.83. The number of nitrogens with zero attached hydrogens (tertiary/aromatic N) is 2. The number of fused-ring (bicyclic) bond motifs is 1. The lowest BCUT2D eigenvalue weighted by atomic mass is 9.86. The Labute approximate surface area is 198 Å². The quantitative estimate of drug-likeness (QED) is 0.438. The summed E-state index contributed by atoms with van der Waals surface area (Å²) in [6.45, 7) is 0.390. The van der Waals surface area contributed by atoms with Gasteiger partial charge in [0.15, 0.2) is 5.82 Å². The fourth-order valence-corrected chi connectivity index (χ4v) is 3.89. The number of anilines is 1. The highest BCUT2D eigenvalue weighted by Gasteiger charge is 2.31. The second-order valence-electron chi connectivity index (χ2n) is 8.01. The molecule has 8 nitrogen and oxygen atoms in total. The molecule has 0 saturated carbocycles. The van der Waals surface area contributed by atoms with Gasteiger partial charge in [0.2, 0.25) is 0 Å². The number of amides is 1. The molecule has 2 atom stereocenters. The highest BCUT2D eigenvalue weighted by molar-refractivity contribution is 5.92. The van der Waals surface area contributed by atoms with Crippen LogP contribution in [0.5, 0.6) is 5.75 Å². The van der Waals surface area contributed by atoms with Crippen molar-refractivity contribution in [1.82, 2.24) is 9.97 Å². The van der Waals surface area contributed by atoms with Crippen molar-refractivity contribution in [3.05, 3.63) is 70.9 Å². The van der Waals surface area contributed by atoms with Crippen LogP contribution in [0.25, 0.3) is 11.4 Å². The highest BCUT2D eigenvalue weighted by Crippen LogP contribution is 2.40. The van der Waals surface area contributed by atoms with E-state index in [2.05, 4.69) is 15.3 Å². The van der Waals surface area contributed by atoms with E-state index in [1.54, 1.807) is 18.2 Å². The van der Waals surface area contributed by atoms with Gasteiger partial charge < -0.3 is 26.3 Å². The van der Waals surface area contributed by atoms with Crippen molar-refractivity contribution in [2.24, 2.45) is 11.5 Å². The molecule has 0 fully saturated rings. The molecule has 1 aliphatic heterocycles. The molecule has 5 N–H and O–H groups in total. The number of rotatable bonds is 7. The number of ether oxygens (including phenoxy) is 1. The average Bonchev–Trinajstić information content (AvgIpc) is 2.86. The Kier molecular flexibility index (Phi) is 6.70. The fourth-order valence-electron chi connectivity index (χ4n) is 3.89. The van der Waals surface area contributed by atoms with E-state index in [4.69, 9.17) is 16.2 Å². The summed E-state index contributed by atoms with van der Waals surface area (Å²) in [5.74, 6) is -0.0122. The number of halogens is 3. The number of nitrogens with two attached hydrogens (primary N) is 2. The van der Waals surface area contributed by atoms with Gasteiger partial charge in [-0.25, -0.2) is 9.97 Å². The maximum absolute atomic E-state index is 12.9. The van der Waals surface area contributed by atoms with E-state index in [0.29, 0.717) is 30.6 Å². The standard InChI is InChI=1S/C24H22F3N5O3/c25-24(26,27)15-4-1-13(2-5-15)17-7-8-35-20-9-14(3-6-18(17)20)23-31-19(22(29)34)10-21(32-23)30-16(11-28)12-33/h1-6,9-10,12,16-17H,7-8,11,28H2,(H2,29,34)(H,30,31,32)/t16-,17?/m0/s1. The Bertz CT molecular complexity index is 1250. The summed E-state index contributed by atoms with van der Waals surface area (Å²) in [7, 11) is 0. The van der Waals surface area contributed by atoms with Gasteiger partial charge >= 0.3 is 6.18 Å². The number of aromatic nitrogens is 2. The van der Waals surface area contributed by atoms with Crippen LogP contribution in [0, 0.1) is 0 Å². The number of alkyl halides is 3. The number of primary amides is 1. The van der Waals surface area contributed by atoms with Crippen LogP contribution in [0.2, 0.25) is 0 Å². The zero-order chi connectivity index (χ0) is 25.2. The maximum Gasteiger partial charge on any atom is 0.416 e. The molecule has 2 heterocycles. The molecule has 35 heavy (non-hydrogen) atoms. The molecule has 1 amide bonds. The van der Waals surface area contributed by atoms with Crippen LogP contribution < -0.4 is 21.5 Å². The number of carbonyl (C=O) groups excluding carboxylic acids is 2. The summed E-state index contributed by atoms with van der Waals surface area (Å²) in [5.41, 5.74) is 12.3. The third-order valence-electron chi connectivity index (χ3n) is 5.68. The molecule has 1 aromatic heterocycles. The van der Waals surface area contributed by atoms with Crippen LogP contribution in [0.1, 0.15) is 39.5 Å². The molecule has 4 rings (SSSR count). The van der Waals surface area contributed by atoms with Crippen LogP contribution in [0.3, 0.4) is 0 Å². The van der Waals surface area contributed by atoms with Crippen molar-refractivity contribution in [2.45, 2.75) is 24.6 Å². The SMILES string of the molecule is NC[C@@H](C=O)Nc1cc(C(N)=O)nc(-c2ccc3c(c2)OCCC3c2ccc(C(F)(F)F)cc2)n1. The van der Waals surface area contributed by atoms with Gasteiger partial charge in [-0.05, 0) is 30.2 Å². The van der Waals surface area contributed by atoms with Gasteiger partial charge in [0.25, 0.3) is 5.91 Å². The normalized spacial score (nSPS) is 16.1. The summed E-state index contributed by atoms with van der Waals surface area (Å²) in [6, 6.07) is 11.0. The van der Waals surface area contributed by atoms with E-state index >= 15 is 0 Å². The monoisotopic (exact) mass is 485 g/mol. The summed E-state index contributed by atoms with van der Waals surface area (Å²) in [4.78, 5) is 31.5. The highest BCUT2D eigenvalue weighted by atomic mass is 19.4. The van der Waals surface area contributed by atoms with Crippen molar-refractivity contribution >= 4 is 18.0 Å². The number of benzene rings is 2. The van der Waals surface area contributed by atoms with Crippen molar-refractivity contribution in [1.29, 1.82) is 0 Å². The summed E-state index contributed by atoms with van der Waals surface area (Å²) in [6.07, 6.45) is -3.17. The Morgan fingerprint density at radius 3 is 2.54 bits per heavy atom. The molecule has 182 valence electrons. The molecular formula is C24H22F3N5O3. The molecule has 11 heteroatoms. The van der Waals surface area contributed by atoms with E-state index in [-0.39, 0.29) is 29.8 Å². The lowest BCUT2D eigenvalue weighted by molar-refractivity contribution is -0.137. The second kappa shape index (κ2) is 9.71. The minimum Gasteiger partial charge on any atom is -0.493 e. The third-order valence-corrected chi connectivity index (χ3v) is 5.68. The maximum atomic E-state index is 12.9. The van der Waals surface area contributed by atoms with Gasteiger partial charge in [-0.2, -0.15) is 13.2 Å². The van der Waals surface area contributed by atoms with Crippen molar-refractivity contribution in [3.63, 3.8) is 0 Å². The number of hydrogen-bond acceptors (Lipinski definition) is 7. The third kappa shape index (κ3) is 5.24. The molecule has 3 aromatic rings. The van der Waals surface area contributed by atoms with E-state index in [1.807, 2.05) is 0 Å². The van der Waals surface area contributed by atoms with Crippen LogP contribution in [0.4, 0.5) is 19.0 Å². The number of nitrogens with one attached hydrogen (secondary N) is 1. The molecule has 2 aromatic carbocycles. The minimum atomic E-state index is -4.40. The number of aldehydes is 1. The lowest BCUT2D eigenvalue weighted by Gasteiger charge is -2.27. The van der Waals surface area contributed by atoms with E-state index in [0.717, 1.165) is 23.3 Å². The summed E-state index contributed by atoms with van der Waals surface area (Å²) >= 11 is 0. The van der Waals surface area contributed by atoms with Crippen molar-refractivity contribution in [3.8, 4) is 17.1 Å². The van der Waals surface area contributed by atoms with Crippen LogP contribution >= 0.6 is 0 Å². The minimum absolute atomic E-state index is 0.0206. The average molecular weight is 485 g/mol. The van der Waals surface area contributed by atoms with Crippen LogP contribution in [0.15, 0.2) is 48.5 Å². The topological polar surface area (TPSA) is 133 Å². The van der Waals surface area contributed by atoms with E-state index < -0.39 is 23.7 Å². The first-order valence-corrected chi connectivity index (χ1v) is 10.7. The molecule has 1 unspecified atom stereocenters. The van der Waals surface area contributed by atoms with E-state index in [9.17, 15) is 22.8 Å². The van der Waals surface area contributed by atoms with Crippen LogP contribution in [-0.4, -0.2) is 41.4 Å². The molecule has 0 radical (unpaired) electrons. The Hall–Kier alpha value is -3.99. The van der Waals surface area contributed by atoms with Gasteiger partial charge in [-0.15, -0.1) is 0 Å². The number of hydrogen-bond donors (Lipinski definition) is 3. The molecule has 0 saturated heterocycles. The van der Waals surface area contributed by atoms with Crippen LogP contribution in [-0.2, 0) is 11.0 Å². The molecule has 0 aliphatic carbocycles. The van der Waals surface area contributed by atoms with Crippen molar-refractivity contribution in [2.75, 3.05) is 18.5 Å². The predicted octanol–water partition coefficient (Wildman–Crippen LogP) is 3.11. The Balaban J connectivity index is 1.68. The van der Waals surface area contributed by atoms with Crippen molar-refractivity contribution < 1.29 is 27.5 Å². The molecular weight excluding hydrogens is 463 g/mol. The number of carbonyl (C=O) groups is 2. The molecule has 1 aliphatic rings. The van der Waals surface area contributed by atoms with Gasteiger partial charge in [0, 0.05) is 29.7 Å². The smallest absolute Gasteiger partial charge is 0.416 e. The fraction of sp³-hybridized carbons (Fsp3) is 0.250. The second-order valence-corrected chi connectivity index (χ2v) is 8.01. The van der Waals surface area contributed by atoms with Gasteiger partial charge in [0.1, 0.15) is 23.5 Å². The molecule has 0 spiro atoms. The first-order chi connectivity index (χ1) is 16.7. The Morgan fingerprint density at radius 1 is 1.17 bits per heavy atom. The van der Waals surface area contributed by atoms with E-state index in [1.165, 1.54) is 18.2 Å². The van der Waals surface area contributed by atoms with Gasteiger partial charge in [-0.3, -0.25) is 4.79 Å². The first-order valence-electron chi connectivity index (χ1n) is 10.7. The van der Waals surface area contributed by atoms with Gasteiger partial charge in [0.05, 0.1) is 18.2 Å². The predicted molar refractivity (Wildman–Crippen MR) is 122 cm³/mol. The zero-order valence-electron chi connectivity index (χ0n) is 18.4. The zero-order valence-corrected chi connectivity index (χ0v) is 18.4. The lowest BCUT2D eigenvalue weighted by Crippen LogP contribution is -2.30. The Morgan fingerprint density at radius 2 is 1.91 bits per heavy atom. The van der Waals surface area contributed by atoms with Gasteiger partial charge in [-0.1, -0.05) is 24.3 Å².